The summed E-state index contributed by atoms with van der Waals surface area (Å²) in [5.41, 5.74) is 0. The van der Waals surface area contributed by atoms with Gasteiger partial charge in [0, 0.05) is 45.1 Å². The highest BCUT2D eigenvalue weighted by Crippen LogP contribution is 2.12. The molecule has 0 unspecified atom stereocenters. The molecule has 0 aliphatic carbocycles. The zero-order chi connectivity index (χ0) is 15.7. The Labute approximate surface area is 141 Å². The highest BCUT2D eigenvalue weighted by atomic mass is 35.5. The first-order chi connectivity index (χ1) is 10.1. The van der Waals surface area contributed by atoms with Crippen LogP contribution in [0.3, 0.4) is 0 Å². The third kappa shape index (κ3) is 6.97. The summed E-state index contributed by atoms with van der Waals surface area (Å²) in [4.78, 5) is 28.1. The summed E-state index contributed by atoms with van der Waals surface area (Å²) in [6, 6.07) is 0.528. The van der Waals surface area contributed by atoms with Crippen LogP contribution in [0.15, 0.2) is 0 Å². The lowest BCUT2D eigenvalue weighted by Crippen LogP contribution is -2.44. The predicted octanol–water partition coefficient (Wildman–Crippen LogP) is 2.05. The number of nitrogens with one attached hydrogen (secondary N) is 1. The first-order valence-corrected chi connectivity index (χ1v) is 8.35. The summed E-state index contributed by atoms with van der Waals surface area (Å²) in [6.45, 7) is 7.38. The van der Waals surface area contributed by atoms with Crippen LogP contribution >= 0.6 is 12.4 Å². The highest BCUT2D eigenvalue weighted by Gasteiger charge is 2.22. The number of hydrogen-bond acceptors (Lipinski definition) is 3. The van der Waals surface area contributed by atoms with Gasteiger partial charge in [0.05, 0.1) is 0 Å². The van der Waals surface area contributed by atoms with E-state index < -0.39 is 0 Å². The van der Waals surface area contributed by atoms with Gasteiger partial charge in [0.1, 0.15) is 0 Å². The number of halogens is 1. The van der Waals surface area contributed by atoms with Gasteiger partial charge in [-0.05, 0) is 32.7 Å². The number of carbonyl (C=O) groups is 2. The van der Waals surface area contributed by atoms with E-state index in [4.69, 9.17) is 0 Å². The Kier molecular flexibility index (Phi) is 11.3. The van der Waals surface area contributed by atoms with Crippen LogP contribution in [0.4, 0.5) is 0 Å². The molecule has 22 heavy (non-hydrogen) atoms. The lowest BCUT2D eigenvalue weighted by Gasteiger charge is -2.32. The Bertz CT molecular complexity index is 325. The molecule has 1 aliphatic heterocycles. The minimum Gasteiger partial charge on any atom is -0.343 e. The second-order valence-electron chi connectivity index (χ2n) is 5.82. The maximum atomic E-state index is 12.2. The lowest BCUT2D eigenvalue weighted by atomic mass is 10.0. The molecule has 0 atom stereocenters. The van der Waals surface area contributed by atoms with Crippen molar-refractivity contribution in [2.24, 2.45) is 0 Å². The molecule has 1 aliphatic rings. The molecule has 0 radical (unpaired) electrons. The zero-order valence-electron chi connectivity index (χ0n) is 14.3. The maximum Gasteiger partial charge on any atom is 0.223 e. The van der Waals surface area contributed by atoms with Gasteiger partial charge in [-0.2, -0.15) is 0 Å². The first kappa shape index (κ1) is 21.2. The Morgan fingerprint density at radius 2 is 1.64 bits per heavy atom. The van der Waals surface area contributed by atoms with Gasteiger partial charge in [-0.15, -0.1) is 12.4 Å². The summed E-state index contributed by atoms with van der Waals surface area (Å²) in [6.07, 6.45) is 4.66. The molecule has 1 fully saturated rings. The number of nitrogens with zero attached hydrogens (tertiary/aromatic N) is 2. The highest BCUT2D eigenvalue weighted by molar-refractivity contribution is 5.85. The van der Waals surface area contributed by atoms with Crippen LogP contribution < -0.4 is 5.32 Å². The number of piperidine rings is 1. The molecule has 1 heterocycles. The van der Waals surface area contributed by atoms with Crippen LogP contribution in [0.25, 0.3) is 0 Å². The van der Waals surface area contributed by atoms with Gasteiger partial charge in [-0.25, -0.2) is 0 Å². The number of likely N-dealkylation sites (tertiary alicyclic amines) is 1. The third-order valence-electron chi connectivity index (χ3n) is 4.15. The van der Waals surface area contributed by atoms with Crippen LogP contribution in [0.2, 0.25) is 0 Å². The molecule has 6 heteroatoms. The van der Waals surface area contributed by atoms with Gasteiger partial charge in [-0.3, -0.25) is 9.59 Å². The number of amides is 2. The second-order valence-corrected chi connectivity index (χ2v) is 5.82. The van der Waals surface area contributed by atoms with Crippen molar-refractivity contribution in [3.8, 4) is 0 Å². The summed E-state index contributed by atoms with van der Waals surface area (Å²) < 4.78 is 0. The van der Waals surface area contributed by atoms with Crippen molar-refractivity contribution in [1.82, 2.24) is 15.1 Å². The second kappa shape index (κ2) is 11.7. The van der Waals surface area contributed by atoms with Crippen LogP contribution in [0, 0.1) is 0 Å². The SMILES string of the molecule is CCCN(CCC)C(=O)CCC(=O)N1CCC(NC)CC1.Cl. The number of hydrogen-bond donors (Lipinski definition) is 1. The molecule has 1 N–H and O–H groups in total. The molecule has 0 aromatic rings. The van der Waals surface area contributed by atoms with Crippen molar-refractivity contribution in [3.05, 3.63) is 0 Å². The van der Waals surface area contributed by atoms with Crippen molar-refractivity contribution in [2.45, 2.75) is 58.4 Å². The summed E-state index contributed by atoms with van der Waals surface area (Å²) in [7, 11) is 1.97. The van der Waals surface area contributed by atoms with Crippen molar-refractivity contribution in [3.63, 3.8) is 0 Å². The van der Waals surface area contributed by atoms with E-state index in [0.717, 1.165) is 51.9 Å². The number of rotatable bonds is 8. The third-order valence-corrected chi connectivity index (χ3v) is 4.15. The first-order valence-electron chi connectivity index (χ1n) is 8.35. The minimum absolute atomic E-state index is 0. The molecule has 0 saturated carbocycles. The fourth-order valence-electron chi connectivity index (χ4n) is 2.85. The average Bonchev–Trinajstić information content (AvgIpc) is 2.52. The molecular weight excluding hydrogens is 302 g/mol. The normalized spacial score (nSPS) is 15.3. The van der Waals surface area contributed by atoms with E-state index in [-0.39, 0.29) is 24.2 Å². The van der Waals surface area contributed by atoms with Crippen molar-refractivity contribution in [1.29, 1.82) is 0 Å². The monoisotopic (exact) mass is 333 g/mol. The Hall–Kier alpha value is -0.810. The Balaban J connectivity index is 0.00000441. The quantitative estimate of drug-likeness (QED) is 0.739. The standard InChI is InChI=1S/C16H31N3O2.ClH/c1-4-10-18(11-5-2)15(20)6-7-16(21)19-12-8-14(17-3)9-13-19;/h14,17H,4-13H2,1-3H3;1H. The molecule has 5 nitrogen and oxygen atoms in total. The van der Waals surface area contributed by atoms with E-state index in [2.05, 4.69) is 19.2 Å². The van der Waals surface area contributed by atoms with E-state index in [1.165, 1.54) is 0 Å². The molecule has 0 spiro atoms. The maximum absolute atomic E-state index is 12.2. The summed E-state index contributed by atoms with van der Waals surface area (Å²) in [5, 5.41) is 3.26. The topological polar surface area (TPSA) is 52.7 Å². The Morgan fingerprint density at radius 1 is 1.09 bits per heavy atom. The van der Waals surface area contributed by atoms with E-state index in [1.807, 2.05) is 16.8 Å². The van der Waals surface area contributed by atoms with Crippen molar-refractivity contribution < 1.29 is 9.59 Å². The summed E-state index contributed by atoms with van der Waals surface area (Å²) >= 11 is 0. The molecule has 0 aromatic carbocycles. The van der Waals surface area contributed by atoms with E-state index in [1.54, 1.807) is 0 Å². The van der Waals surface area contributed by atoms with Gasteiger partial charge >= 0.3 is 0 Å². The van der Waals surface area contributed by atoms with Gasteiger partial charge < -0.3 is 15.1 Å². The largest absolute Gasteiger partial charge is 0.343 e. The molecule has 2 amide bonds. The molecule has 1 saturated heterocycles. The minimum atomic E-state index is 0. The van der Waals surface area contributed by atoms with Crippen LogP contribution in [0.5, 0.6) is 0 Å². The Morgan fingerprint density at radius 3 is 2.09 bits per heavy atom. The smallest absolute Gasteiger partial charge is 0.223 e. The molecule has 1 rings (SSSR count). The molecule has 0 aromatic heterocycles. The van der Waals surface area contributed by atoms with Crippen molar-refractivity contribution >= 4 is 24.2 Å². The van der Waals surface area contributed by atoms with Gasteiger partial charge in [0.2, 0.25) is 11.8 Å². The van der Waals surface area contributed by atoms with E-state index >= 15 is 0 Å². The van der Waals surface area contributed by atoms with Crippen LogP contribution in [0.1, 0.15) is 52.4 Å². The van der Waals surface area contributed by atoms with Crippen LogP contribution in [-0.4, -0.2) is 60.9 Å². The van der Waals surface area contributed by atoms with Gasteiger partial charge in [0.15, 0.2) is 0 Å². The predicted molar refractivity (Wildman–Crippen MR) is 92.3 cm³/mol. The van der Waals surface area contributed by atoms with Crippen LogP contribution in [-0.2, 0) is 9.59 Å². The molecule has 0 bridgehead atoms. The van der Waals surface area contributed by atoms with E-state index in [9.17, 15) is 9.59 Å². The molecule has 130 valence electrons. The zero-order valence-corrected chi connectivity index (χ0v) is 15.1. The van der Waals surface area contributed by atoms with Gasteiger partial charge in [-0.1, -0.05) is 13.8 Å². The van der Waals surface area contributed by atoms with Gasteiger partial charge in [0.25, 0.3) is 0 Å². The molecular formula is C16H32ClN3O2. The lowest BCUT2D eigenvalue weighted by molar-refractivity contribution is -0.137. The fraction of sp³-hybridized carbons (Fsp3) is 0.875. The summed E-state index contributed by atoms with van der Waals surface area (Å²) in [5.74, 6) is 0.253. The van der Waals surface area contributed by atoms with E-state index in [0.29, 0.717) is 18.9 Å². The number of carbonyl (C=O) groups excluding carboxylic acids is 2. The average molecular weight is 334 g/mol. The fourth-order valence-corrected chi connectivity index (χ4v) is 2.85. The van der Waals surface area contributed by atoms with Crippen molar-refractivity contribution in [2.75, 3.05) is 33.2 Å².